The molecule has 1 fully saturated rings. The summed E-state index contributed by atoms with van der Waals surface area (Å²) in [7, 11) is 0. The summed E-state index contributed by atoms with van der Waals surface area (Å²) in [5, 5.41) is 5.03. The predicted octanol–water partition coefficient (Wildman–Crippen LogP) is 6.24. The van der Waals surface area contributed by atoms with Crippen molar-refractivity contribution in [2.24, 2.45) is 11.0 Å². The molecule has 1 saturated heterocycles. The van der Waals surface area contributed by atoms with Crippen molar-refractivity contribution in [3.8, 4) is 11.5 Å². The number of hydrazone groups is 1. The van der Waals surface area contributed by atoms with Gasteiger partial charge in [-0.3, -0.25) is 9.59 Å². The van der Waals surface area contributed by atoms with Crippen LogP contribution >= 0.6 is 39.1 Å². The van der Waals surface area contributed by atoms with Gasteiger partial charge in [-0.25, -0.2) is 5.43 Å². The molecule has 10 heteroatoms. The van der Waals surface area contributed by atoms with Gasteiger partial charge in [-0.15, -0.1) is 0 Å². The van der Waals surface area contributed by atoms with Gasteiger partial charge in [0.2, 0.25) is 11.8 Å². The summed E-state index contributed by atoms with van der Waals surface area (Å²) < 4.78 is 12.6. The Morgan fingerprint density at radius 2 is 1.86 bits per heavy atom. The van der Waals surface area contributed by atoms with Gasteiger partial charge in [0.1, 0.15) is 6.61 Å². The standard InChI is InChI=1S/C27H24BrCl2N3O4/c1-2-36-25-12-17(4-10-24(25)37-16-18-3-9-22(29)23(30)11-18)14-31-32-27(35)19-13-26(34)33(15-19)21-7-5-20(28)6-8-21/h3-12,14,19H,2,13,15-16H2,1H3,(H,32,35)/b31-14-/t19-/m0/s1. The number of hydrogen-bond acceptors (Lipinski definition) is 5. The van der Waals surface area contributed by atoms with Crippen LogP contribution in [-0.2, 0) is 16.2 Å². The average molecular weight is 605 g/mol. The highest BCUT2D eigenvalue weighted by Crippen LogP contribution is 2.30. The fraction of sp³-hybridized carbons (Fsp3) is 0.222. The second kappa shape index (κ2) is 12.4. The monoisotopic (exact) mass is 603 g/mol. The zero-order valence-corrected chi connectivity index (χ0v) is 23.0. The molecule has 0 aliphatic carbocycles. The van der Waals surface area contributed by atoms with E-state index in [1.165, 1.54) is 6.21 Å². The topological polar surface area (TPSA) is 80.2 Å². The van der Waals surface area contributed by atoms with E-state index in [2.05, 4.69) is 26.5 Å². The van der Waals surface area contributed by atoms with Crippen molar-refractivity contribution in [2.45, 2.75) is 20.0 Å². The molecule has 3 aromatic carbocycles. The van der Waals surface area contributed by atoms with E-state index in [1.54, 1.807) is 35.2 Å². The number of rotatable bonds is 9. The summed E-state index contributed by atoms with van der Waals surface area (Å²) in [6, 6.07) is 18.1. The van der Waals surface area contributed by atoms with Gasteiger partial charge in [-0.2, -0.15) is 5.10 Å². The van der Waals surface area contributed by atoms with Crippen LogP contribution in [0.4, 0.5) is 5.69 Å². The van der Waals surface area contributed by atoms with E-state index in [9.17, 15) is 9.59 Å². The molecule has 192 valence electrons. The van der Waals surface area contributed by atoms with Crippen molar-refractivity contribution >= 4 is 62.8 Å². The highest BCUT2D eigenvalue weighted by molar-refractivity contribution is 9.10. The van der Waals surface area contributed by atoms with Crippen LogP contribution in [0.2, 0.25) is 10.0 Å². The first-order valence-corrected chi connectivity index (χ1v) is 13.1. The number of carbonyl (C=O) groups excluding carboxylic acids is 2. The molecule has 0 saturated carbocycles. The van der Waals surface area contributed by atoms with Crippen LogP contribution in [-0.4, -0.2) is 31.2 Å². The molecule has 7 nitrogen and oxygen atoms in total. The Hall–Kier alpha value is -3.07. The smallest absolute Gasteiger partial charge is 0.245 e. The van der Waals surface area contributed by atoms with E-state index in [-0.39, 0.29) is 24.8 Å². The quantitative estimate of drug-likeness (QED) is 0.232. The molecule has 0 aromatic heterocycles. The Morgan fingerprint density at radius 1 is 1.08 bits per heavy atom. The number of halogens is 3. The fourth-order valence-electron chi connectivity index (χ4n) is 3.80. The van der Waals surface area contributed by atoms with E-state index in [0.717, 1.165) is 15.7 Å². The number of benzene rings is 3. The van der Waals surface area contributed by atoms with Crippen LogP contribution in [0.25, 0.3) is 0 Å². The molecule has 4 rings (SSSR count). The number of ether oxygens (including phenoxy) is 2. The minimum absolute atomic E-state index is 0.0933. The Bertz CT molecular complexity index is 1320. The molecule has 37 heavy (non-hydrogen) atoms. The first kappa shape index (κ1) is 27.0. The molecule has 0 bridgehead atoms. The van der Waals surface area contributed by atoms with Gasteiger partial charge in [0.05, 0.1) is 28.8 Å². The van der Waals surface area contributed by atoms with Crippen LogP contribution < -0.4 is 19.8 Å². The predicted molar refractivity (Wildman–Crippen MR) is 149 cm³/mol. The fourth-order valence-corrected chi connectivity index (χ4v) is 4.38. The summed E-state index contributed by atoms with van der Waals surface area (Å²) in [4.78, 5) is 26.7. The Labute approximate surface area is 233 Å². The lowest BCUT2D eigenvalue weighted by molar-refractivity contribution is -0.126. The van der Waals surface area contributed by atoms with E-state index >= 15 is 0 Å². The largest absolute Gasteiger partial charge is 0.490 e. The van der Waals surface area contributed by atoms with Gasteiger partial charge in [-0.05, 0) is 72.6 Å². The van der Waals surface area contributed by atoms with Crippen molar-refractivity contribution in [2.75, 3.05) is 18.1 Å². The highest BCUT2D eigenvalue weighted by Gasteiger charge is 2.35. The number of nitrogens with one attached hydrogen (secondary N) is 1. The third kappa shape index (κ3) is 7.03. The lowest BCUT2D eigenvalue weighted by Crippen LogP contribution is -2.30. The van der Waals surface area contributed by atoms with Crippen LogP contribution in [0.5, 0.6) is 11.5 Å². The van der Waals surface area contributed by atoms with Gasteiger partial charge in [0.25, 0.3) is 0 Å². The maximum Gasteiger partial charge on any atom is 0.245 e. The third-order valence-corrected chi connectivity index (χ3v) is 6.94. The minimum Gasteiger partial charge on any atom is -0.490 e. The molecular formula is C27H24BrCl2N3O4. The number of hydrogen-bond donors (Lipinski definition) is 1. The Kier molecular flexibility index (Phi) is 9.08. The van der Waals surface area contributed by atoms with E-state index < -0.39 is 5.92 Å². The Balaban J connectivity index is 1.35. The molecule has 1 aliphatic heterocycles. The maximum absolute atomic E-state index is 12.6. The zero-order valence-electron chi connectivity index (χ0n) is 19.9. The van der Waals surface area contributed by atoms with Gasteiger partial charge >= 0.3 is 0 Å². The van der Waals surface area contributed by atoms with Crippen molar-refractivity contribution in [1.82, 2.24) is 5.43 Å². The molecule has 3 aromatic rings. The lowest BCUT2D eigenvalue weighted by atomic mass is 10.1. The lowest BCUT2D eigenvalue weighted by Gasteiger charge is -2.16. The molecule has 0 unspecified atom stereocenters. The number of carbonyl (C=O) groups is 2. The molecule has 1 atom stereocenters. The third-order valence-electron chi connectivity index (χ3n) is 5.67. The molecular weight excluding hydrogens is 581 g/mol. The van der Waals surface area contributed by atoms with Crippen LogP contribution in [0.1, 0.15) is 24.5 Å². The maximum atomic E-state index is 12.6. The van der Waals surface area contributed by atoms with Gasteiger partial charge in [0.15, 0.2) is 11.5 Å². The molecule has 0 radical (unpaired) electrons. The first-order valence-electron chi connectivity index (χ1n) is 11.6. The Morgan fingerprint density at radius 3 is 2.59 bits per heavy atom. The SMILES string of the molecule is CCOc1cc(/C=N\NC(=O)[C@H]2CC(=O)N(c3ccc(Br)cc3)C2)ccc1OCc1ccc(Cl)c(Cl)c1. The number of amides is 2. The van der Waals surface area contributed by atoms with Crippen molar-refractivity contribution < 1.29 is 19.1 Å². The molecule has 1 heterocycles. The number of anilines is 1. The highest BCUT2D eigenvalue weighted by atomic mass is 79.9. The molecule has 1 aliphatic rings. The summed E-state index contributed by atoms with van der Waals surface area (Å²) in [5.74, 6) is 0.223. The minimum atomic E-state index is -0.482. The van der Waals surface area contributed by atoms with Crippen LogP contribution in [0, 0.1) is 5.92 Å². The van der Waals surface area contributed by atoms with Crippen molar-refractivity contribution in [3.63, 3.8) is 0 Å². The van der Waals surface area contributed by atoms with Gasteiger partial charge in [0, 0.05) is 23.1 Å². The van der Waals surface area contributed by atoms with E-state index in [0.29, 0.717) is 40.3 Å². The van der Waals surface area contributed by atoms with Crippen molar-refractivity contribution in [3.05, 3.63) is 86.3 Å². The summed E-state index contributed by atoms with van der Waals surface area (Å²) in [6.07, 6.45) is 1.66. The first-order chi connectivity index (χ1) is 17.8. The summed E-state index contributed by atoms with van der Waals surface area (Å²) in [6.45, 7) is 2.92. The van der Waals surface area contributed by atoms with Crippen LogP contribution in [0.3, 0.4) is 0 Å². The van der Waals surface area contributed by atoms with E-state index in [4.69, 9.17) is 32.7 Å². The van der Waals surface area contributed by atoms with E-state index in [1.807, 2.05) is 37.3 Å². The van der Waals surface area contributed by atoms with Gasteiger partial charge < -0.3 is 14.4 Å². The normalized spacial score (nSPS) is 15.3. The second-order valence-corrected chi connectivity index (χ2v) is 10.0. The summed E-state index contributed by atoms with van der Waals surface area (Å²) in [5.41, 5.74) is 4.89. The molecule has 0 spiro atoms. The van der Waals surface area contributed by atoms with Gasteiger partial charge in [-0.1, -0.05) is 45.2 Å². The average Bonchev–Trinajstić information content (AvgIpc) is 3.28. The number of nitrogens with zero attached hydrogens (tertiary/aromatic N) is 2. The zero-order chi connectivity index (χ0) is 26.4. The van der Waals surface area contributed by atoms with Crippen molar-refractivity contribution in [1.29, 1.82) is 0 Å². The molecule has 1 N–H and O–H groups in total. The molecule has 2 amide bonds. The summed E-state index contributed by atoms with van der Waals surface area (Å²) >= 11 is 15.4. The van der Waals surface area contributed by atoms with Crippen LogP contribution in [0.15, 0.2) is 70.2 Å². The second-order valence-electron chi connectivity index (χ2n) is 8.29.